The molecule has 3 aromatic rings. The molecule has 2 heterocycles. The molecule has 0 atom stereocenters. The summed E-state index contributed by atoms with van der Waals surface area (Å²) in [6.45, 7) is 2.54. The van der Waals surface area contributed by atoms with Crippen LogP contribution in [-0.2, 0) is 11.4 Å². The molecular weight excluding hydrogens is 353 g/mol. The second-order valence-electron chi connectivity index (χ2n) is 5.86. The fraction of sp³-hybridized carbons (Fsp3) is 0.211. The van der Waals surface area contributed by atoms with Crippen molar-refractivity contribution in [2.24, 2.45) is 0 Å². The summed E-state index contributed by atoms with van der Waals surface area (Å²) in [6.07, 6.45) is 0. The largest absolute Gasteiger partial charge is 0.484 e. The second-order valence-corrected chi connectivity index (χ2v) is 5.86. The summed E-state index contributed by atoms with van der Waals surface area (Å²) in [4.78, 5) is 18.0. The lowest BCUT2D eigenvalue weighted by Crippen LogP contribution is -2.38. The van der Waals surface area contributed by atoms with Crippen LogP contribution in [0.2, 0.25) is 0 Å². The van der Waals surface area contributed by atoms with E-state index in [1.54, 1.807) is 23.1 Å². The molecular formula is C19H16FN3O4. The highest BCUT2D eigenvalue weighted by molar-refractivity contribution is 5.98. The Kier molecular flexibility index (Phi) is 4.45. The van der Waals surface area contributed by atoms with E-state index >= 15 is 0 Å². The summed E-state index contributed by atoms with van der Waals surface area (Å²) < 4.78 is 29.1. The number of amides is 1. The van der Waals surface area contributed by atoms with Crippen LogP contribution >= 0.6 is 0 Å². The van der Waals surface area contributed by atoms with Crippen LogP contribution in [0.15, 0.2) is 47.0 Å². The zero-order chi connectivity index (χ0) is 18.8. The van der Waals surface area contributed by atoms with Gasteiger partial charge in [0, 0.05) is 12.1 Å². The number of benzene rings is 2. The van der Waals surface area contributed by atoms with Gasteiger partial charge in [0.2, 0.25) is 5.82 Å². The minimum Gasteiger partial charge on any atom is -0.484 e. The van der Waals surface area contributed by atoms with E-state index in [1.165, 1.54) is 24.3 Å². The number of anilines is 1. The quantitative estimate of drug-likeness (QED) is 0.687. The maximum atomic E-state index is 12.9. The van der Waals surface area contributed by atoms with E-state index < -0.39 is 0 Å². The first-order valence-corrected chi connectivity index (χ1v) is 8.42. The fourth-order valence-electron chi connectivity index (χ4n) is 2.79. The standard InChI is InChI=1S/C19H16FN3O4/c1-2-23-15-9-12(3-8-16(15)26-11-18(23)24)19-21-17(27-22-19)10-25-14-6-4-13(20)5-7-14/h3-9H,2,10-11H2,1H3. The maximum absolute atomic E-state index is 12.9. The van der Waals surface area contributed by atoms with Crippen molar-refractivity contribution in [1.82, 2.24) is 10.1 Å². The van der Waals surface area contributed by atoms with Gasteiger partial charge in [-0.1, -0.05) is 5.16 Å². The lowest BCUT2D eigenvalue weighted by molar-refractivity contribution is -0.121. The van der Waals surface area contributed by atoms with Gasteiger partial charge < -0.3 is 18.9 Å². The van der Waals surface area contributed by atoms with Gasteiger partial charge in [0.25, 0.3) is 11.8 Å². The lowest BCUT2D eigenvalue weighted by atomic mass is 10.1. The number of nitrogens with zero attached hydrogens (tertiary/aromatic N) is 3. The van der Waals surface area contributed by atoms with E-state index in [2.05, 4.69) is 10.1 Å². The van der Waals surface area contributed by atoms with Crippen LogP contribution in [0.4, 0.5) is 10.1 Å². The predicted octanol–water partition coefficient (Wildman–Crippen LogP) is 3.20. The van der Waals surface area contributed by atoms with Crippen LogP contribution < -0.4 is 14.4 Å². The summed E-state index contributed by atoms with van der Waals surface area (Å²) in [5.74, 6) is 1.38. The average Bonchev–Trinajstić information content (AvgIpc) is 3.16. The Morgan fingerprint density at radius 1 is 1.22 bits per heavy atom. The van der Waals surface area contributed by atoms with Gasteiger partial charge in [-0.05, 0) is 49.4 Å². The van der Waals surface area contributed by atoms with Crippen LogP contribution in [0.3, 0.4) is 0 Å². The molecule has 1 aromatic heterocycles. The van der Waals surface area contributed by atoms with Crippen molar-refractivity contribution in [3.63, 3.8) is 0 Å². The van der Waals surface area contributed by atoms with Gasteiger partial charge in [0.05, 0.1) is 5.69 Å². The topological polar surface area (TPSA) is 77.7 Å². The summed E-state index contributed by atoms with van der Waals surface area (Å²) in [5.41, 5.74) is 1.38. The van der Waals surface area contributed by atoms with E-state index in [-0.39, 0.29) is 30.8 Å². The van der Waals surface area contributed by atoms with Crippen molar-refractivity contribution in [2.75, 3.05) is 18.1 Å². The molecule has 0 unspecified atom stereocenters. The highest BCUT2D eigenvalue weighted by atomic mass is 19.1. The summed E-state index contributed by atoms with van der Waals surface area (Å²) in [5, 5.41) is 3.96. The van der Waals surface area contributed by atoms with Crippen molar-refractivity contribution in [3.8, 4) is 22.9 Å². The van der Waals surface area contributed by atoms with Gasteiger partial charge >= 0.3 is 0 Å². The number of aromatic nitrogens is 2. The Labute approximate surface area is 154 Å². The van der Waals surface area contributed by atoms with Gasteiger partial charge in [-0.15, -0.1) is 0 Å². The first-order valence-electron chi connectivity index (χ1n) is 8.42. The molecule has 1 aliphatic rings. The van der Waals surface area contributed by atoms with Crippen LogP contribution in [0.25, 0.3) is 11.4 Å². The van der Waals surface area contributed by atoms with Crippen molar-refractivity contribution in [3.05, 3.63) is 54.2 Å². The number of hydrogen-bond acceptors (Lipinski definition) is 6. The number of rotatable bonds is 5. The molecule has 7 nitrogen and oxygen atoms in total. The van der Waals surface area contributed by atoms with Crippen LogP contribution in [0.5, 0.6) is 11.5 Å². The van der Waals surface area contributed by atoms with E-state index in [0.717, 1.165) is 0 Å². The molecule has 0 spiro atoms. The number of likely N-dealkylation sites (N-methyl/N-ethyl adjacent to an activating group) is 1. The number of ether oxygens (including phenoxy) is 2. The fourth-order valence-corrected chi connectivity index (χ4v) is 2.79. The first-order chi connectivity index (χ1) is 13.1. The Morgan fingerprint density at radius 2 is 2.04 bits per heavy atom. The molecule has 0 fully saturated rings. The molecule has 0 aliphatic carbocycles. The monoisotopic (exact) mass is 369 g/mol. The van der Waals surface area contributed by atoms with Gasteiger partial charge in [0.15, 0.2) is 13.2 Å². The Morgan fingerprint density at radius 3 is 2.81 bits per heavy atom. The maximum Gasteiger partial charge on any atom is 0.265 e. The molecule has 0 bridgehead atoms. The molecule has 4 rings (SSSR count). The van der Waals surface area contributed by atoms with Gasteiger partial charge in [-0.25, -0.2) is 4.39 Å². The molecule has 0 saturated heterocycles. The van der Waals surface area contributed by atoms with Crippen LogP contribution in [0.1, 0.15) is 12.8 Å². The molecule has 1 amide bonds. The number of hydrogen-bond donors (Lipinski definition) is 0. The van der Waals surface area contributed by atoms with Crippen molar-refractivity contribution in [2.45, 2.75) is 13.5 Å². The van der Waals surface area contributed by atoms with Crippen molar-refractivity contribution in [1.29, 1.82) is 0 Å². The van der Waals surface area contributed by atoms with E-state index in [9.17, 15) is 9.18 Å². The van der Waals surface area contributed by atoms with E-state index in [1.807, 2.05) is 6.92 Å². The molecule has 0 radical (unpaired) electrons. The predicted molar refractivity (Wildman–Crippen MR) is 94.0 cm³/mol. The van der Waals surface area contributed by atoms with Crippen molar-refractivity contribution >= 4 is 11.6 Å². The summed E-state index contributed by atoms with van der Waals surface area (Å²) in [6, 6.07) is 11.0. The lowest BCUT2D eigenvalue weighted by Gasteiger charge is -2.28. The molecule has 0 N–H and O–H groups in total. The average molecular weight is 369 g/mol. The number of carbonyl (C=O) groups excluding carboxylic acids is 1. The smallest absolute Gasteiger partial charge is 0.265 e. The molecule has 8 heteroatoms. The molecule has 0 saturated carbocycles. The second kappa shape index (κ2) is 7.06. The summed E-state index contributed by atoms with van der Waals surface area (Å²) >= 11 is 0. The number of carbonyl (C=O) groups is 1. The Hall–Kier alpha value is -3.42. The molecule has 1 aliphatic heterocycles. The normalized spacial score (nSPS) is 13.3. The highest BCUT2D eigenvalue weighted by Crippen LogP contribution is 2.35. The zero-order valence-corrected chi connectivity index (χ0v) is 14.5. The van der Waals surface area contributed by atoms with Crippen molar-refractivity contribution < 1.29 is 23.2 Å². The molecule has 27 heavy (non-hydrogen) atoms. The first kappa shape index (κ1) is 17.0. The van der Waals surface area contributed by atoms with Crippen LogP contribution in [0, 0.1) is 5.82 Å². The zero-order valence-electron chi connectivity index (χ0n) is 14.5. The summed E-state index contributed by atoms with van der Waals surface area (Å²) in [7, 11) is 0. The third-order valence-corrected chi connectivity index (χ3v) is 4.12. The minimum atomic E-state index is -0.335. The van der Waals surface area contributed by atoms with E-state index in [0.29, 0.717) is 35.1 Å². The molecule has 138 valence electrons. The third-order valence-electron chi connectivity index (χ3n) is 4.12. The highest BCUT2D eigenvalue weighted by Gasteiger charge is 2.25. The number of halogens is 1. The van der Waals surface area contributed by atoms with Gasteiger partial charge in [0.1, 0.15) is 17.3 Å². The third kappa shape index (κ3) is 3.46. The minimum absolute atomic E-state index is 0.0350. The van der Waals surface area contributed by atoms with Gasteiger partial charge in [-0.3, -0.25) is 4.79 Å². The SMILES string of the molecule is CCN1C(=O)COc2ccc(-c3noc(COc4ccc(F)cc4)n3)cc21. The Bertz CT molecular complexity index is 971. The van der Waals surface area contributed by atoms with E-state index in [4.69, 9.17) is 14.0 Å². The number of fused-ring (bicyclic) bond motifs is 1. The molecule has 2 aromatic carbocycles. The Balaban J connectivity index is 1.52. The van der Waals surface area contributed by atoms with Crippen LogP contribution in [-0.4, -0.2) is 29.2 Å². The van der Waals surface area contributed by atoms with Gasteiger partial charge in [-0.2, -0.15) is 4.98 Å².